The van der Waals surface area contributed by atoms with Crippen molar-refractivity contribution in [2.24, 2.45) is 0 Å². The van der Waals surface area contributed by atoms with Gasteiger partial charge in [0.15, 0.2) is 0 Å². The number of hydrogen-bond acceptors (Lipinski definition) is 3. The molecule has 2 atom stereocenters. The summed E-state index contributed by atoms with van der Waals surface area (Å²) < 4.78 is 0. The molecular weight excluding hydrogens is 256 g/mol. The van der Waals surface area contributed by atoms with Gasteiger partial charge in [-0.05, 0) is 42.9 Å². The van der Waals surface area contributed by atoms with E-state index in [1.165, 1.54) is 0 Å². The second-order valence-corrected chi connectivity index (χ2v) is 4.86. The molecule has 0 fully saturated rings. The van der Waals surface area contributed by atoms with E-state index in [0.717, 1.165) is 17.2 Å². The first kappa shape index (κ1) is 16.4. The normalized spacial score (nSPS) is 14.3. The Kier molecular flexibility index (Phi) is 6.98. The summed E-state index contributed by atoms with van der Waals surface area (Å²) in [7, 11) is 0. The summed E-state index contributed by atoms with van der Waals surface area (Å²) in [5, 5.41) is 28.0. The van der Waals surface area contributed by atoms with Gasteiger partial charge in [0.2, 0.25) is 0 Å². The van der Waals surface area contributed by atoms with E-state index in [9.17, 15) is 15.0 Å². The molecule has 0 bridgehead atoms. The van der Waals surface area contributed by atoms with Gasteiger partial charge in [-0.2, -0.15) is 0 Å². The van der Waals surface area contributed by atoms with Crippen LogP contribution in [0.1, 0.15) is 37.3 Å². The Morgan fingerprint density at radius 3 is 2.60 bits per heavy atom. The highest BCUT2D eigenvalue weighted by Gasteiger charge is 2.11. The quantitative estimate of drug-likeness (QED) is 0.637. The molecule has 4 heteroatoms. The van der Waals surface area contributed by atoms with E-state index in [0.29, 0.717) is 25.7 Å². The Balaban J connectivity index is 2.61. The molecule has 1 aromatic carbocycles. The summed E-state index contributed by atoms with van der Waals surface area (Å²) in [6, 6.07) is 7.51. The number of aliphatic carboxylic acids is 1. The van der Waals surface area contributed by atoms with E-state index in [-0.39, 0.29) is 0 Å². The Bertz CT molecular complexity index is 454. The molecule has 20 heavy (non-hydrogen) atoms. The first-order valence-electron chi connectivity index (χ1n) is 6.88. The second-order valence-electron chi connectivity index (χ2n) is 4.86. The average Bonchev–Trinajstić information content (AvgIpc) is 2.43. The van der Waals surface area contributed by atoms with Gasteiger partial charge >= 0.3 is 5.97 Å². The van der Waals surface area contributed by atoms with Gasteiger partial charge in [0, 0.05) is 6.08 Å². The topological polar surface area (TPSA) is 77.8 Å². The van der Waals surface area contributed by atoms with Gasteiger partial charge in [-0.15, -0.1) is 0 Å². The summed E-state index contributed by atoms with van der Waals surface area (Å²) >= 11 is 0. The number of benzene rings is 1. The molecule has 0 spiro atoms. The summed E-state index contributed by atoms with van der Waals surface area (Å²) in [6.07, 6.45) is 3.88. The highest BCUT2D eigenvalue weighted by atomic mass is 16.4. The Hall–Kier alpha value is -1.65. The van der Waals surface area contributed by atoms with E-state index >= 15 is 0 Å². The summed E-state index contributed by atoms with van der Waals surface area (Å²) in [6.45, 7) is 1.88. The smallest absolute Gasteiger partial charge is 0.328 e. The lowest BCUT2D eigenvalue weighted by atomic mass is 9.98. The molecule has 2 unspecified atom stereocenters. The fourth-order valence-electron chi connectivity index (χ4n) is 2.01. The standard InChI is InChI=1S/C16H22O4/c1-2-14(17)11-15(18)9-7-12-5-3-4-6-13(12)8-10-16(19)20/h3-6,8,10,14-15,17-18H,2,7,9,11H2,1H3,(H,19,20)/b10-8+. The van der Waals surface area contributed by atoms with Gasteiger partial charge in [-0.3, -0.25) is 0 Å². The van der Waals surface area contributed by atoms with Gasteiger partial charge < -0.3 is 15.3 Å². The minimum absolute atomic E-state index is 0.379. The number of carbonyl (C=O) groups is 1. The molecule has 0 saturated heterocycles. The maximum Gasteiger partial charge on any atom is 0.328 e. The number of carboxylic acid groups (broad SMARTS) is 1. The van der Waals surface area contributed by atoms with Crippen LogP contribution in [0.15, 0.2) is 30.3 Å². The zero-order valence-electron chi connectivity index (χ0n) is 11.7. The fraction of sp³-hybridized carbons (Fsp3) is 0.438. The molecule has 0 aliphatic rings. The predicted molar refractivity (Wildman–Crippen MR) is 78.4 cm³/mol. The average molecular weight is 278 g/mol. The Morgan fingerprint density at radius 2 is 1.95 bits per heavy atom. The van der Waals surface area contributed by atoms with E-state index in [2.05, 4.69) is 0 Å². The molecule has 1 rings (SSSR count). The molecule has 110 valence electrons. The van der Waals surface area contributed by atoms with Crippen molar-refractivity contribution < 1.29 is 20.1 Å². The third kappa shape index (κ3) is 5.99. The van der Waals surface area contributed by atoms with Crippen molar-refractivity contribution in [3.05, 3.63) is 41.5 Å². The van der Waals surface area contributed by atoms with Gasteiger partial charge in [0.1, 0.15) is 0 Å². The Labute approximate surface area is 119 Å². The highest BCUT2D eigenvalue weighted by molar-refractivity contribution is 5.85. The lowest BCUT2D eigenvalue weighted by Gasteiger charge is -2.14. The minimum atomic E-state index is -0.981. The van der Waals surface area contributed by atoms with Crippen molar-refractivity contribution in [1.82, 2.24) is 0 Å². The van der Waals surface area contributed by atoms with Crippen LogP contribution in [0.4, 0.5) is 0 Å². The maximum absolute atomic E-state index is 10.5. The van der Waals surface area contributed by atoms with Crippen LogP contribution in [-0.4, -0.2) is 33.5 Å². The van der Waals surface area contributed by atoms with Crippen LogP contribution in [-0.2, 0) is 11.2 Å². The fourth-order valence-corrected chi connectivity index (χ4v) is 2.01. The molecule has 0 aromatic heterocycles. The van der Waals surface area contributed by atoms with Crippen molar-refractivity contribution in [2.45, 2.75) is 44.8 Å². The number of aryl methyl sites for hydroxylation is 1. The van der Waals surface area contributed by atoms with E-state index < -0.39 is 18.2 Å². The van der Waals surface area contributed by atoms with Crippen molar-refractivity contribution in [2.75, 3.05) is 0 Å². The van der Waals surface area contributed by atoms with Crippen LogP contribution in [0, 0.1) is 0 Å². The minimum Gasteiger partial charge on any atom is -0.478 e. The van der Waals surface area contributed by atoms with E-state index in [4.69, 9.17) is 5.11 Å². The summed E-state index contributed by atoms with van der Waals surface area (Å²) in [5.74, 6) is -0.981. The van der Waals surface area contributed by atoms with Crippen LogP contribution < -0.4 is 0 Å². The van der Waals surface area contributed by atoms with Crippen molar-refractivity contribution >= 4 is 12.0 Å². The first-order chi connectivity index (χ1) is 9.52. The van der Waals surface area contributed by atoms with Gasteiger partial charge in [-0.25, -0.2) is 4.79 Å². The molecular formula is C16H22O4. The molecule has 0 aliphatic heterocycles. The van der Waals surface area contributed by atoms with Crippen LogP contribution in [0.5, 0.6) is 0 Å². The lowest BCUT2D eigenvalue weighted by molar-refractivity contribution is -0.131. The number of hydrogen-bond donors (Lipinski definition) is 3. The zero-order valence-corrected chi connectivity index (χ0v) is 11.7. The van der Waals surface area contributed by atoms with Gasteiger partial charge in [0.05, 0.1) is 12.2 Å². The third-order valence-corrected chi connectivity index (χ3v) is 3.22. The summed E-state index contributed by atoms with van der Waals surface area (Å²) in [4.78, 5) is 10.5. The molecule has 1 aromatic rings. The number of aliphatic hydroxyl groups excluding tert-OH is 2. The maximum atomic E-state index is 10.5. The van der Waals surface area contributed by atoms with Crippen molar-refractivity contribution in [3.8, 4) is 0 Å². The second kappa shape index (κ2) is 8.51. The largest absolute Gasteiger partial charge is 0.478 e. The number of aliphatic hydroxyl groups is 2. The van der Waals surface area contributed by atoms with Gasteiger partial charge in [-0.1, -0.05) is 31.2 Å². The van der Waals surface area contributed by atoms with Crippen LogP contribution in [0.2, 0.25) is 0 Å². The Morgan fingerprint density at radius 1 is 1.25 bits per heavy atom. The highest BCUT2D eigenvalue weighted by Crippen LogP contribution is 2.15. The third-order valence-electron chi connectivity index (χ3n) is 3.22. The van der Waals surface area contributed by atoms with Crippen LogP contribution in [0.25, 0.3) is 6.08 Å². The lowest BCUT2D eigenvalue weighted by Crippen LogP contribution is -2.17. The monoisotopic (exact) mass is 278 g/mol. The molecule has 0 aliphatic carbocycles. The first-order valence-corrected chi connectivity index (χ1v) is 6.88. The van der Waals surface area contributed by atoms with Crippen molar-refractivity contribution in [3.63, 3.8) is 0 Å². The molecule has 0 saturated carbocycles. The molecule has 4 nitrogen and oxygen atoms in total. The number of carboxylic acids is 1. The summed E-state index contributed by atoms with van der Waals surface area (Å²) in [5.41, 5.74) is 1.84. The molecule has 3 N–H and O–H groups in total. The van der Waals surface area contributed by atoms with Crippen molar-refractivity contribution in [1.29, 1.82) is 0 Å². The number of rotatable bonds is 8. The zero-order chi connectivity index (χ0) is 15.0. The van der Waals surface area contributed by atoms with Crippen LogP contribution in [0.3, 0.4) is 0 Å². The molecule has 0 heterocycles. The van der Waals surface area contributed by atoms with Crippen LogP contribution >= 0.6 is 0 Å². The van der Waals surface area contributed by atoms with E-state index in [1.54, 1.807) is 6.08 Å². The molecule has 0 radical (unpaired) electrons. The molecule has 0 amide bonds. The van der Waals surface area contributed by atoms with E-state index in [1.807, 2.05) is 31.2 Å². The SMILES string of the molecule is CCC(O)CC(O)CCc1ccccc1/C=C/C(=O)O. The predicted octanol–water partition coefficient (Wildman–Crippen LogP) is 2.24. The van der Waals surface area contributed by atoms with Gasteiger partial charge in [0.25, 0.3) is 0 Å².